The van der Waals surface area contributed by atoms with E-state index in [-0.39, 0.29) is 0 Å². The average molecular weight is 249 g/mol. The second kappa shape index (κ2) is 6.12. The molecule has 2 rings (SSSR count). The molecule has 19 heavy (non-hydrogen) atoms. The first-order chi connectivity index (χ1) is 9.31. The Bertz CT molecular complexity index is 677. The molecular formula is C15H11N3O. The summed E-state index contributed by atoms with van der Waals surface area (Å²) in [4.78, 5) is 17.4. The minimum Gasteiger partial charge on any atom is -0.398 e. The van der Waals surface area contributed by atoms with Gasteiger partial charge in [0.25, 0.3) is 0 Å². The summed E-state index contributed by atoms with van der Waals surface area (Å²) in [5, 5.41) is 0. The van der Waals surface area contributed by atoms with Crippen molar-refractivity contribution in [3.8, 4) is 11.1 Å². The second-order valence-electron chi connectivity index (χ2n) is 3.72. The number of hydrogen-bond acceptors (Lipinski definition) is 3. The summed E-state index contributed by atoms with van der Waals surface area (Å²) in [5.74, 6) is 3.44. The lowest BCUT2D eigenvalue weighted by Crippen LogP contribution is -1.88. The van der Waals surface area contributed by atoms with Gasteiger partial charge in [0.15, 0.2) is 5.94 Å². The molecular weight excluding hydrogens is 238 g/mol. The van der Waals surface area contributed by atoms with Crippen LogP contribution in [-0.2, 0) is 4.79 Å². The van der Waals surface area contributed by atoms with Crippen molar-refractivity contribution in [3.05, 3.63) is 48.5 Å². The topological polar surface area (TPSA) is 67.8 Å². The Labute approximate surface area is 110 Å². The van der Waals surface area contributed by atoms with E-state index in [2.05, 4.69) is 9.98 Å². The summed E-state index contributed by atoms with van der Waals surface area (Å²) < 4.78 is 0. The zero-order chi connectivity index (χ0) is 13.5. The third-order valence-corrected chi connectivity index (χ3v) is 2.51. The zero-order valence-electron chi connectivity index (χ0n) is 10.1. The van der Waals surface area contributed by atoms with Crippen LogP contribution in [0.2, 0.25) is 0 Å². The molecule has 2 N–H and O–H groups in total. The van der Waals surface area contributed by atoms with Crippen molar-refractivity contribution >= 4 is 29.5 Å². The Morgan fingerprint density at radius 2 is 1.79 bits per heavy atom. The van der Waals surface area contributed by atoms with Gasteiger partial charge in [-0.05, 0) is 23.8 Å². The predicted octanol–water partition coefficient (Wildman–Crippen LogP) is 2.65. The third-order valence-electron chi connectivity index (χ3n) is 2.51. The maximum absolute atomic E-state index is 9.85. The van der Waals surface area contributed by atoms with Gasteiger partial charge in [-0.2, -0.15) is 4.99 Å². The third kappa shape index (κ3) is 3.27. The van der Waals surface area contributed by atoms with Crippen LogP contribution in [0, 0.1) is 0 Å². The summed E-state index contributed by atoms with van der Waals surface area (Å²) in [6.45, 7) is 0. The second-order valence-corrected chi connectivity index (χ2v) is 3.72. The summed E-state index contributed by atoms with van der Waals surface area (Å²) in [7, 11) is 0. The van der Waals surface area contributed by atoms with Gasteiger partial charge >= 0.3 is 0 Å². The monoisotopic (exact) mass is 249 g/mol. The molecule has 0 heterocycles. The van der Waals surface area contributed by atoms with E-state index in [0.717, 1.165) is 22.5 Å². The summed E-state index contributed by atoms with van der Waals surface area (Å²) in [6.07, 6.45) is 1.25. The number of rotatable bonds is 3. The van der Waals surface area contributed by atoms with E-state index in [0.29, 0.717) is 0 Å². The number of nitrogen functional groups attached to an aromatic ring is 1. The first-order valence-corrected chi connectivity index (χ1v) is 5.61. The molecule has 0 aliphatic carbocycles. The van der Waals surface area contributed by atoms with Gasteiger partial charge in [0.2, 0.25) is 0 Å². The van der Waals surface area contributed by atoms with Crippen LogP contribution in [0.25, 0.3) is 11.1 Å². The fourth-order valence-electron chi connectivity index (χ4n) is 1.64. The molecule has 0 saturated carbocycles. The minimum absolute atomic E-state index is 0.731. The van der Waals surface area contributed by atoms with Gasteiger partial charge in [-0.1, -0.05) is 30.3 Å². The molecule has 0 atom stereocenters. The molecule has 0 saturated heterocycles. The van der Waals surface area contributed by atoms with Crippen molar-refractivity contribution in [1.29, 1.82) is 0 Å². The molecule has 0 spiro atoms. The Balaban J connectivity index is 2.24. The molecule has 0 radical (unpaired) electrons. The number of para-hydroxylation sites is 1. The lowest BCUT2D eigenvalue weighted by Gasteiger charge is -2.05. The molecule has 2 aromatic carbocycles. The fraction of sp³-hybridized carbons (Fsp3) is 0. The lowest BCUT2D eigenvalue weighted by atomic mass is 10.0. The van der Waals surface area contributed by atoms with Gasteiger partial charge in [-0.25, -0.2) is 9.79 Å². The minimum atomic E-state index is 0.731. The summed E-state index contributed by atoms with van der Waals surface area (Å²) >= 11 is 0. The van der Waals surface area contributed by atoms with Crippen LogP contribution in [0.3, 0.4) is 0 Å². The highest BCUT2D eigenvalue weighted by Crippen LogP contribution is 2.27. The molecule has 0 bridgehead atoms. The molecule has 4 nitrogen and oxygen atoms in total. The normalized spacial score (nSPS) is 9.89. The van der Waals surface area contributed by atoms with E-state index in [4.69, 9.17) is 5.73 Å². The number of carbonyl (C=O) groups excluding carboxylic acids is 1. The van der Waals surface area contributed by atoms with E-state index in [1.807, 2.05) is 54.4 Å². The molecule has 92 valence electrons. The van der Waals surface area contributed by atoms with Crippen LogP contribution < -0.4 is 5.73 Å². The van der Waals surface area contributed by atoms with E-state index >= 15 is 0 Å². The van der Waals surface area contributed by atoms with Gasteiger partial charge < -0.3 is 5.73 Å². The van der Waals surface area contributed by atoms with Crippen LogP contribution in [0.4, 0.5) is 11.4 Å². The largest absolute Gasteiger partial charge is 0.398 e. The average Bonchev–Trinajstić information content (AvgIpc) is 2.45. The summed E-state index contributed by atoms with van der Waals surface area (Å²) in [6, 6.07) is 15.2. The standard InChI is InChI=1S/C15H11N3O/c16-15-4-2-1-3-14(15)12-5-7-13(8-6-12)18-11-17-9-10-19/h1-8,11H,16H2. The van der Waals surface area contributed by atoms with Gasteiger partial charge in [0.05, 0.1) is 11.6 Å². The Hall–Kier alpha value is -2.93. The van der Waals surface area contributed by atoms with Gasteiger partial charge in [-0.3, -0.25) is 0 Å². The van der Waals surface area contributed by atoms with E-state index in [9.17, 15) is 4.79 Å². The van der Waals surface area contributed by atoms with Gasteiger partial charge in [-0.15, -0.1) is 0 Å². The summed E-state index contributed by atoms with van der Waals surface area (Å²) in [5.41, 5.74) is 9.39. The highest BCUT2D eigenvalue weighted by molar-refractivity contribution is 5.89. The molecule has 0 aliphatic heterocycles. The van der Waals surface area contributed by atoms with Crippen LogP contribution in [0.1, 0.15) is 0 Å². The molecule has 0 amide bonds. The highest BCUT2D eigenvalue weighted by Gasteiger charge is 2.00. The number of aliphatic imine (C=N–C) groups is 2. The SMILES string of the molecule is Nc1ccccc1-c1ccc(N=CN=C=C=O)cc1. The number of hydrogen-bond donors (Lipinski definition) is 1. The smallest absolute Gasteiger partial charge is 0.197 e. The number of nitrogens with zero attached hydrogens (tertiary/aromatic N) is 2. The molecule has 0 fully saturated rings. The number of benzene rings is 2. The molecule has 0 unspecified atom stereocenters. The van der Waals surface area contributed by atoms with Crippen LogP contribution in [0.5, 0.6) is 0 Å². The lowest BCUT2D eigenvalue weighted by molar-refractivity contribution is 0.571. The molecule has 4 heteroatoms. The van der Waals surface area contributed by atoms with E-state index in [1.54, 1.807) is 0 Å². The van der Waals surface area contributed by atoms with Crippen molar-refractivity contribution < 1.29 is 4.79 Å². The number of anilines is 1. The fourth-order valence-corrected chi connectivity index (χ4v) is 1.64. The Morgan fingerprint density at radius 3 is 2.47 bits per heavy atom. The van der Waals surface area contributed by atoms with Crippen molar-refractivity contribution in [2.75, 3.05) is 5.73 Å². The first kappa shape index (κ1) is 12.5. The van der Waals surface area contributed by atoms with Crippen LogP contribution in [0.15, 0.2) is 58.5 Å². The van der Waals surface area contributed by atoms with Gasteiger partial charge in [0.1, 0.15) is 6.34 Å². The maximum atomic E-state index is 9.85. The van der Waals surface area contributed by atoms with Crippen LogP contribution >= 0.6 is 0 Å². The predicted molar refractivity (Wildman–Crippen MR) is 77.6 cm³/mol. The van der Waals surface area contributed by atoms with Crippen molar-refractivity contribution in [1.82, 2.24) is 0 Å². The zero-order valence-corrected chi connectivity index (χ0v) is 10.1. The quantitative estimate of drug-likeness (QED) is 0.393. The highest BCUT2D eigenvalue weighted by atomic mass is 16.1. The van der Waals surface area contributed by atoms with Gasteiger partial charge in [0, 0.05) is 11.3 Å². The van der Waals surface area contributed by atoms with Crippen molar-refractivity contribution in [3.63, 3.8) is 0 Å². The van der Waals surface area contributed by atoms with Crippen molar-refractivity contribution in [2.24, 2.45) is 9.98 Å². The molecule has 2 aromatic rings. The first-order valence-electron chi connectivity index (χ1n) is 5.61. The van der Waals surface area contributed by atoms with E-state index < -0.39 is 0 Å². The Morgan fingerprint density at radius 1 is 1.05 bits per heavy atom. The van der Waals surface area contributed by atoms with Crippen LogP contribution in [-0.4, -0.2) is 18.1 Å². The molecule has 0 aliphatic rings. The number of nitrogens with two attached hydrogens (primary N) is 1. The molecule has 0 aromatic heterocycles. The van der Waals surface area contributed by atoms with Crippen molar-refractivity contribution in [2.45, 2.75) is 0 Å². The van der Waals surface area contributed by atoms with E-state index in [1.165, 1.54) is 12.3 Å². The maximum Gasteiger partial charge on any atom is 0.197 e. The Kier molecular flexibility index (Phi) is 4.04.